The minimum Gasteiger partial charge on any atom is -0.481 e. The van der Waals surface area contributed by atoms with Gasteiger partial charge in [-0.1, -0.05) is 12.0 Å². The lowest BCUT2D eigenvalue weighted by Gasteiger charge is -2.31. The molecule has 1 atom stereocenters. The minimum atomic E-state index is -0.878. The lowest BCUT2D eigenvalue weighted by Crippen LogP contribution is -2.23. The van der Waals surface area contributed by atoms with Crippen LogP contribution in [0.1, 0.15) is 44.9 Å². The van der Waals surface area contributed by atoms with Gasteiger partial charge in [0.1, 0.15) is 0 Å². The zero-order valence-corrected chi connectivity index (χ0v) is 8.79. The number of hydrogen-bond acceptors (Lipinski definition) is 2. The van der Waals surface area contributed by atoms with E-state index >= 15 is 0 Å². The Morgan fingerprint density at radius 1 is 1.27 bits per heavy atom. The van der Waals surface area contributed by atoms with Crippen LogP contribution in [0.25, 0.3) is 0 Å². The molecule has 2 aliphatic carbocycles. The Bertz CT molecular complexity index is 328. The minimum absolute atomic E-state index is 0.0648. The highest BCUT2D eigenvalue weighted by atomic mass is 16.4. The Balaban J connectivity index is 2.28. The summed E-state index contributed by atoms with van der Waals surface area (Å²) >= 11 is 0. The molecule has 0 unspecified atom stereocenters. The molecule has 1 fully saturated rings. The highest BCUT2D eigenvalue weighted by molar-refractivity contribution is 6.00. The number of carbonyl (C=O) groups is 2. The summed E-state index contributed by atoms with van der Waals surface area (Å²) in [7, 11) is 0. The van der Waals surface area contributed by atoms with Gasteiger partial charge in [0.2, 0.25) is 0 Å². The van der Waals surface area contributed by atoms with E-state index in [-0.39, 0.29) is 12.2 Å². The summed E-state index contributed by atoms with van der Waals surface area (Å²) in [5.74, 6) is -0.298. The van der Waals surface area contributed by atoms with Gasteiger partial charge in [0, 0.05) is 12.0 Å². The summed E-state index contributed by atoms with van der Waals surface area (Å²) in [6.07, 6.45) is 5.86. The van der Waals surface area contributed by atoms with Crippen molar-refractivity contribution >= 4 is 11.8 Å². The van der Waals surface area contributed by atoms with Crippen molar-refractivity contribution in [3.63, 3.8) is 0 Å². The number of Topliss-reactive ketones (excluding diaryl/α,β-unsaturated/α-hetero) is 1. The highest BCUT2D eigenvalue weighted by Crippen LogP contribution is 2.39. The van der Waals surface area contributed by atoms with Crippen LogP contribution in [0.15, 0.2) is 11.1 Å². The average molecular weight is 208 g/mol. The van der Waals surface area contributed by atoms with Gasteiger partial charge in [0.15, 0.2) is 5.78 Å². The smallest absolute Gasteiger partial charge is 0.307 e. The molecule has 15 heavy (non-hydrogen) atoms. The molecule has 0 aromatic carbocycles. The van der Waals surface area contributed by atoms with E-state index in [1.165, 1.54) is 12.0 Å². The molecule has 0 amide bonds. The number of ketones is 1. The van der Waals surface area contributed by atoms with Crippen molar-refractivity contribution < 1.29 is 14.7 Å². The lowest BCUT2D eigenvalue weighted by atomic mass is 9.73. The fourth-order valence-corrected chi connectivity index (χ4v) is 2.80. The Morgan fingerprint density at radius 3 is 2.80 bits per heavy atom. The molecule has 82 valence electrons. The first-order valence-electron chi connectivity index (χ1n) is 5.65. The number of rotatable bonds is 2. The molecular weight excluding hydrogens is 192 g/mol. The van der Waals surface area contributed by atoms with Crippen LogP contribution < -0.4 is 0 Å². The lowest BCUT2D eigenvalue weighted by molar-refractivity contribution is -0.137. The van der Waals surface area contributed by atoms with E-state index in [0.717, 1.165) is 25.7 Å². The average Bonchev–Trinajstić information content (AvgIpc) is 2.22. The Morgan fingerprint density at radius 2 is 2.07 bits per heavy atom. The van der Waals surface area contributed by atoms with Gasteiger partial charge in [0.25, 0.3) is 0 Å². The summed E-state index contributed by atoms with van der Waals surface area (Å²) in [5.41, 5.74) is 1.79. The number of fused-ring (bicyclic) bond motifs is 1. The number of aliphatic carboxylic acids is 1. The van der Waals surface area contributed by atoms with Crippen molar-refractivity contribution in [2.45, 2.75) is 44.9 Å². The molecule has 0 heterocycles. The first-order valence-corrected chi connectivity index (χ1v) is 5.65. The predicted octanol–water partition coefficient (Wildman–Crippen LogP) is 2.31. The van der Waals surface area contributed by atoms with Crippen molar-refractivity contribution in [1.29, 1.82) is 0 Å². The van der Waals surface area contributed by atoms with Gasteiger partial charge in [-0.3, -0.25) is 9.59 Å². The molecule has 0 radical (unpaired) electrons. The van der Waals surface area contributed by atoms with Crippen molar-refractivity contribution in [3.05, 3.63) is 11.1 Å². The number of carboxylic acids is 1. The van der Waals surface area contributed by atoms with E-state index < -0.39 is 5.97 Å². The molecule has 3 nitrogen and oxygen atoms in total. The predicted molar refractivity (Wildman–Crippen MR) is 55.5 cm³/mol. The van der Waals surface area contributed by atoms with Gasteiger partial charge in [-0.05, 0) is 31.6 Å². The third-order valence-corrected chi connectivity index (χ3v) is 3.51. The molecule has 3 heteroatoms. The van der Waals surface area contributed by atoms with E-state index in [1.54, 1.807) is 0 Å². The maximum absolute atomic E-state index is 11.7. The third-order valence-electron chi connectivity index (χ3n) is 3.51. The summed E-state index contributed by atoms with van der Waals surface area (Å²) in [6, 6.07) is 0. The molecular formula is C12H16O3. The molecule has 0 aromatic rings. The summed E-state index contributed by atoms with van der Waals surface area (Å²) in [6.45, 7) is 0. The number of allylic oxidation sites excluding steroid dienone is 1. The Labute approximate surface area is 89.2 Å². The fourth-order valence-electron chi connectivity index (χ4n) is 2.80. The molecule has 0 spiro atoms. The SMILES string of the molecule is O=C(O)CC1=C2CCCC[C@H]2CCC1=O. The molecule has 2 rings (SSSR count). The zero-order chi connectivity index (χ0) is 10.8. The Kier molecular flexibility index (Phi) is 2.89. The first-order chi connectivity index (χ1) is 7.18. The maximum Gasteiger partial charge on any atom is 0.307 e. The number of carbonyl (C=O) groups excluding carboxylic acids is 1. The van der Waals surface area contributed by atoms with Crippen LogP contribution in [0.5, 0.6) is 0 Å². The van der Waals surface area contributed by atoms with Gasteiger partial charge in [0.05, 0.1) is 6.42 Å². The maximum atomic E-state index is 11.7. The van der Waals surface area contributed by atoms with Gasteiger partial charge in [-0.15, -0.1) is 0 Å². The van der Waals surface area contributed by atoms with Crippen molar-refractivity contribution in [3.8, 4) is 0 Å². The van der Waals surface area contributed by atoms with E-state index in [4.69, 9.17) is 5.11 Å². The second kappa shape index (κ2) is 4.17. The number of carboxylic acid groups (broad SMARTS) is 1. The second-order valence-electron chi connectivity index (χ2n) is 4.48. The number of hydrogen-bond donors (Lipinski definition) is 1. The van der Waals surface area contributed by atoms with E-state index in [0.29, 0.717) is 17.9 Å². The summed E-state index contributed by atoms with van der Waals surface area (Å²) in [5, 5.41) is 8.79. The molecule has 1 N–H and O–H groups in total. The van der Waals surface area contributed by atoms with Crippen LogP contribution in [-0.2, 0) is 9.59 Å². The largest absolute Gasteiger partial charge is 0.481 e. The first kappa shape index (κ1) is 10.4. The normalized spacial score (nSPS) is 26.4. The quantitative estimate of drug-likeness (QED) is 0.757. The monoisotopic (exact) mass is 208 g/mol. The molecule has 0 aliphatic heterocycles. The standard InChI is InChI=1S/C12H16O3/c13-11-6-5-8-3-1-2-4-9(8)10(11)7-12(14)15/h8H,1-7H2,(H,14,15)/t8-/m0/s1. The van der Waals surface area contributed by atoms with E-state index in [1.807, 2.05) is 0 Å². The van der Waals surface area contributed by atoms with Gasteiger partial charge < -0.3 is 5.11 Å². The summed E-state index contributed by atoms with van der Waals surface area (Å²) in [4.78, 5) is 22.4. The van der Waals surface area contributed by atoms with Crippen molar-refractivity contribution in [1.82, 2.24) is 0 Å². The topological polar surface area (TPSA) is 54.4 Å². The van der Waals surface area contributed by atoms with Gasteiger partial charge in [-0.2, -0.15) is 0 Å². The summed E-state index contributed by atoms with van der Waals surface area (Å²) < 4.78 is 0. The van der Waals surface area contributed by atoms with Crippen molar-refractivity contribution in [2.24, 2.45) is 5.92 Å². The Hall–Kier alpha value is -1.12. The van der Waals surface area contributed by atoms with Gasteiger partial charge >= 0.3 is 5.97 Å². The van der Waals surface area contributed by atoms with Crippen LogP contribution >= 0.6 is 0 Å². The molecule has 1 saturated carbocycles. The van der Waals surface area contributed by atoms with Crippen LogP contribution in [0.4, 0.5) is 0 Å². The zero-order valence-electron chi connectivity index (χ0n) is 8.79. The molecule has 0 bridgehead atoms. The second-order valence-corrected chi connectivity index (χ2v) is 4.48. The highest BCUT2D eigenvalue weighted by Gasteiger charge is 2.30. The van der Waals surface area contributed by atoms with E-state index in [2.05, 4.69) is 0 Å². The molecule has 0 saturated heterocycles. The van der Waals surface area contributed by atoms with E-state index in [9.17, 15) is 9.59 Å². The molecule has 0 aromatic heterocycles. The van der Waals surface area contributed by atoms with Crippen molar-refractivity contribution in [2.75, 3.05) is 0 Å². The van der Waals surface area contributed by atoms with Crippen LogP contribution in [0, 0.1) is 5.92 Å². The van der Waals surface area contributed by atoms with Crippen LogP contribution in [0.3, 0.4) is 0 Å². The molecule has 2 aliphatic rings. The fraction of sp³-hybridized carbons (Fsp3) is 0.667. The van der Waals surface area contributed by atoms with Crippen LogP contribution in [-0.4, -0.2) is 16.9 Å². The van der Waals surface area contributed by atoms with Crippen LogP contribution in [0.2, 0.25) is 0 Å². The third kappa shape index (κ3) is 2.11. The van der Waals surface area contributed by atoms with Gasteiger partial charge in [-0.25, -0.2) is 0 Å².